The van der Waals surface area contributed by atoms with E-state index in [-0.39, 0.29) is 0 Å². The van der Waals surface area contributed by atoms with Crippen molar-refractivity contribution in [2.45, 2.75) is 39.2 Å². The van der Waals surface area contributed by atoms with Crippen LogP contribution in [0.25, 0.3) is 0 Å². The van der Waals surface area contributed by atoms with Crippen molar-refractivity contribution in [1.82, 2.24) is 5.06 Å². The zero-order chi connectivity index (χ0) is 10.4. The molecule has 0 radical (unpaired) electrons. The van der Waals surface area contributed by atoms with Crippen molar-refractivity contribution in [1.29, 1.82) is 0 Å². The summed E-state index contributed by atoms with van der Waals surface area (Å²) in [4.78, 5) is 21.5. The van der Waals surface area contributed by atoms with Crippen molar-refractivity contribution in [3.8, 4) is 0 Å². The summed E-state index contributed by atoms with van der Waals surface area (Å²) in [6, 6.07) is -0.891. The van der Waals surface area contributed by atoms with Gasteiger partial charge in [-0.3, -0.25) is 14.8 Å². The van der Waals surface area contributed by atoms with Gasteiger partial charge in [-0.2, -0.15) is 0 Å². The summed E-state index contributed by atoms with van der Waals surface area (Å²) in [5.41, 5.74) is 5.02. The highest BCUT2D eigenvalue weighted by Crippen LogP contribution is 2.06. The van der Waals surface area contributed by atoms with Crippen molar-refractivity contribution >= 4 is 11.8 Å². The Labute approximate surface area is 77.5 Å². The Balaban J connectivity index is 4.24. The average Bonchev–Trinajstić information content (AvgIpc) is 2.04. The first-order valence-corrected chi connectivity index (χ1v) is 4.28. The lowest BCUT2D eigenvalue weighted by atomic mass is 10.1. The zero-order valence-corrected chi connectivity index (χ0v) is 7.99. The van der Waals surface area contributed by atoms with Gasteiger partial charge in [0.25, 0.3) is 0 Å². The number of nitrogens with zero attached hydrogens (tertiary/aromatic N) is 1. The molecule has 0 aromatic carbocycles. The molecule has 0 fully saturated rings. The maximum absolute atomic E-state index is 10.8. The number of nitrogens with two attached hydrogens (primary N) is 1. The Morgan fingerprint density at radius 2 is 2.08 bits per heavy atom. The lowest BCUT2D eigenvalue weighted by molar-refractivity contribution is -0.177. The van der Waals surface area contributed by atoms with E-state index in [1.807, 2.05) is 6.92 Å². The molecule has 13 heavy (non-hydrogen) atoms. The molecule has 0 saturated heterocycles. The molecule has 0 bridgehead atoms. The standard InChI is InChI=1S/C8H16N2O3/c1-3-4-5-7(8(9)12)10(13)6(2)11/h7,13H,3-5H2,1-2H3,(H2,9,12). The topological polar surface area (TPSA) is 83.6 Å². The number of primary amides is 1. The Morgan fingerprint density at radius 3 is 2.38 bits per heavy atom. The number of hydrogen-bond acceptors (Lipinski definition) is 3. The van der Waals surface area contributed by atoms with Gasteiger partial charge in [0.1, 0.15) is 6.04 Å². The largest absolute Gasteiger partial charge is 0.368 e. The number of amides is 2. The lowest BCUT2D eigenvalue weighted by Gasteiger charge is -2.21. The summed E-state index contributed by atoms with van der Waals surface area (Å²) in [6.07, 6.45) is 2.04. The van der Waals surface area contributed by atoms with Crippen molar-refractivity contribution in [3.63, 3.8) is 0 Å². The van der Waals surface area contributed by atoms with E-state index in [1.165, 1.54) is 6.92 Å². The fourth-order valence-electron chi connectivity index (χ4n) is 1.00. The second-order valence-corrected chi connectivity index (χ2v) is 2.92. The Bertz CT molecular complexity index is 194. The highest BCUT2D eigenvalue weighted by atomic mass is 16.5. The molecule has 0 rings (SSSR count). The third-order valence-electron chi connectivity index (χ3n) is 1.78. The van der Waals surface area contributed by atoms with Crippen molar-refractivity contribution in [2.75, 3.05) is 0 Å². The Morgan fingerprint density at radius 1 is 1.54 bits per heavy atom. The molecule has 0 aliphatic carbocycles. The molecule has 1 unspecified atom stereocenters. The van der Waals surface area contributed by atoms with Crippen LogP contribution in [-0.4, -0.2) is 28.1 Å². The molecule has 0 aliphatic heterocycles. The molecule has 1 atom stereocenters. The number of carbonyl (C=O) groups is 2. The van der Waals surface area contributed by atoms with Crippen LogP contribution >= 0.6 is 0 Å². The minimum Gasteiger partial charge on any atom is -0.368 e. The van der Waals surface area contributed by atoms with Crippen molar-refractivity contribution < 1.29 is 14.8 Å². The van der Waals surface area contributed by atoms with E-state index in [1.54, 1.807) is 0 Å². The molecule has 0 aliphatic rings. The predicted molar refractivity (Wildman–Crippen MR) is 46.8 cm³/mol. The van der Waals surface area contributed by atoms with Crippen LogP contribution in [0.2, 0.25) is 0 Å². The summed E-state index contributed by atoms with van der Waals surface area (Å²) in [7, 11) is 0. The van der Waals surface area contributed by atoms with Crippen LogP contribution in [0.1, 0.15) is 33.1 Å². The number of unbranched alkanes of at least 4 members (excludes halogenated alkanes) is 1. The molecule has 3 N–H and O–H groups in total. The van der Waals surface area contributed by atoms with Crippen LogP contribution in [-0.2, 0) is 9.59 Å². The lowest BCUT2D eigenvalue weighted by Crippen LogP contribution is -2.45. The normalized spacial score (nSPS) is 12.2. The van der Waals surface area contributed by atoms with Gasteiger partial charge >= 0.3 is 0 Å². The predicted octanol–water partition coefficient (Wildman–Crippen LogP) is 0.268. The number of rotatable bonds is 5. The van der Waals surface area contributed by atoms with Crippen molar-refractivity contribution in [2.24, 2.45) is 5.73 Å². The summed E-state index contributed by atoms with van der Waals surface area (Å²) in [6.45, 7) is 3.13. The molecule has 0 spiro atoms. The third-order valence-corrected chi connectivity index (χ3v) is 1.78. The minimum absolute atomic E-state index is 0.401. The van der Waals surface area contributed by atoms with E-state index in [0.29, 0.717) is 11.5 Å². The molecule has 76 valence electrons. The summed E-state index contributed by atoms with van der Waals surface area (Å²) >= 11 is 0. The van der Waals surface area contributed by atoms with Gasteiger partial charge in [0.15, 0.2) is 0 Å². The second-order valence-electron chi connectivity index (χ2n) is 2.92. The summed E-state index contributed by atoms with van der Waals surface area (Å²) in [5.74, 6) is -1.24. The van der Waals surface area contributed by atoms with Crippen LogP contribution in [0.3, 0.4) is 0 Å². The van der Waals surface area contributed by atoms with Crippen molar-refractivity contribution in [3.05, 3.63) is 0 Å². The molecule has 2 amide bonds. The van der Waals surface area contributed by atoms with Crippen LogP contribution in [0.5, 0.6) is 0 Å². The summed E-state index contributed by atoms with van der Waals surface area (Å²) in [5, 5.41) is 9.57. The first-order valence-electron chi connectivity index (χ1n) is 4.28. The molecule has 0 aromatic rings. The van der Waals surface area contributed by atoms with Crippen LogP contribution in [0.15, 0.2) is 0 Å². The monoisotopic (exact) mass is 188 g/mol. The van der Waals surface area contributed by atoms with E-state index in [2.05, 4.69) is 0 Å². The Kier molecular flexibility index (Phi) is 5.06. The molecule has 0 saturated carbocycles. The second kappa shape index (κ2) is 5.53. The van der Waals surface area contributed by atoms with E-state index in [0.717, 1.165) is 12.8 Å². The van der Waals surface area contributed by atoms with E-state index >= 15 is 0 Å². The van der Waals surface area contributed by atoms with Crippen LogP contribution in [0.4, 0.5) is 0 Å². The van der Waals surface area contributed by atoms with Crippen LogP contribution in [0, 0.1) is 0 Å². The highest BCUT2D eigenvalue weighted by molar-refractivity contribution is 5.84. The number of hydrogen-bond donors (Lipinski definition) is 2. The van der Waals surface area contributed by atoms with Gasteiger partial charge in [-0.05, 0) is 6.42 Å². The van der Waals surface area contributed by atoms with E-state index < -0.39 is 17.9 Å². The smallest absolute Gasteiger partial charge is 0.243 e. The van der Waals surface area contributed by atoms with Gasteiger partial charge in [-0.25, -0.2) is 5.06 Å². The van der Waals surface area contributed by atoms with Gasteiger partial charge in [-0.1, -0.05) is 19.8 Å². The van der Waals surface area contributed by atoms with Crippen LogP contribution < -0.4 is 5.73 Å². The van der Waals surface area contributed by atoms with Gasteiger partial charge < -0.3 is 5.73 Å². The molecule has 0 aromatic heterocycles. The Hall–Kier alpha value is -1.10. The number of carbonyl (C=O) groups excluding carboxylic acids is 2. The fraction of sp³-hybridized carbons (Fsp3) is 0.750. The highest BCUT2D eigenvalue weighted by Gasteiger charge is 2.23. The van der Waals surface area contributed by atoms with Gasteiger partial charge in [0.05, 0.1) is 0 Å². The maximum atomic E-state index is 10.8. The zero-order valence-electron chi connectivity index (χ0n) is 7.99. The number of hydroxylamine groups is 2. The molecule has 5 nitrogen and oxygen atoms in total. The first-order chi connectivity index (χ1) is 6.00. The van der Waals surface area contributed by atoms with Gasteiger partial charge in [0, 0.05) is 6.92 Å². The summed E-state index contributed by atoms with van der Waals surface area (Å²) < 4.78 is 0. The first kappa shape index (κ1) is 11.9. The fourth-order valence-corrected chi connectivity index (χ4v) is 1.00. The molecular weight excluding hydrogens is 172 g/mol. The SMILES string of the molecule is CCCCC(C(N)=O)N(O)C(C)=O. The minimum atomic E-state index is -0.891. The molecule has 5 heteroatoms. The third kappa shape index (κ3) is 3.89. The van der Waals surface area contributed by atoms with Gasteiger partial charge in [-0.15, -0.1) is 0 Å². The van der Waals surface area contributed by atoms with E-state index in [9.17, 15) is 9.59 Å². The van der Waals surface area contributed by atoms with Gasteiger partial charge in [0.2, 0.25) is 11.8 Å². The maximum Gasteiger partial charge on any atom is 0.243 e. The molecular formula is C8H16N2O3. The quantitative estimate of drug-likeness (QED) is 0.479. The van der Waals surface area contributed by atoms with E-state index in [4.69, 9.17) is 10.9 Å². The molecule has 0 heterocycles. The average molecular weight is 188 g/mol.